The van der Waals surface area contributed by atoms with Crippen LogP contribution in [-0.2, 0) is 24.1 Å². The van der Waals surface area contributed by atoms with E-state index in [1.165, 1.54) is 21.6 Å². The number of aliphatic hydroxyl groups excluding tert-OH is 1. The van der Waals surface area contributed by atoms with Crippen LogP contribution in [0, 0.1) is 0 Å². The highest BCUT2D eigenvalue weighted by Crippen LogP contribution is 2.41. The molecule has 3 N–H and O–H groups in total. The molecule has 8 nitrogen and oxygen atoms in total. The number of hydrogen-bond acceptors (Lipinski definition) is 8. The number of aryl methyl sites for hydroxylation is 2. The van der Waals surface area contributed by atoms with E-state index >= 15 is 0 Å². The molecule has 1 aliphatic rings. The van der Waals surface area contributed by atoms with Gasteiger partial charge in [0.25, 0.3) is 0 Å². The van der Waals surface area contributed by atoms with Crippen LogP contribution in [0.25, 0.3) is 10.2 Å². The minimum Gasteiger partial charge on any atom is -0.492 e. The Kier molecular flexibility index (Phi) is 9.00. The summed E-state index contributed by atoms with van der Waals surface area (Å²) < 4.78 is 6.04. The Bertz CT molecular complexity index is 1240. The number of hydrogen-bond donors (Lipinski definition) is 3. The van der Waals surface area contributed by atoms with Crippen molar-refractivity contribution in [1.29, 1.82) is 0 Å². The lowest BCUT2D eigenvalue weighted by Gasteiger charge is -2.25. The van der Waals surface area contributed by atoms with E-state index in [-0.39, 0.29) is 25.1 Å². The molecule has 0 saturated heterocycles. The fourth-order valence-corrected chi connectivity index (χ4v) is 6.27. The summed E-state index contributed by atoms with van der Waals surface area (Å²) in [7, 11) is 1.72. The fourth-order valence-electron chi connectivity index (χ4n) is 5.00. The molecule has 9 heteroatoms. The number of aromatic nitrogens is 2. The van der Waals surface area contributed by atoms with Gasteiger partial charge in [0.2, 0.25) is 5.91 Å². The van der Waals surface area contributed by atoms with Gasteiger partial charge in [-0.25, -0.2) is 9.97 Å². The fraction of sp³-hybridized carbons (Fsp3) is 0.536. The van der Waals surface area contributed by atoms with Crippen LogP contribution in [0.5, 0.6) is 5.75 Å². The van der Waals surface area contributed by atoms with Gasteiger partial charge in [0.1, 0.15) is 22.7 Å². The van der Waals surface area contributed by atoms with Gasteiger partial charge in [-0.05, 0) is 67.3 Å². The summed E-state index contributed by atoms with van der Waals surface area (Å²) in [4.78, 5) is 25.4. The van der Waals surface area contributed by atoms with Crippen LogP contribution in [0.2, 0.25) is 0 Å². The molecule has 0 radical (unpaired) electrons. The van der Waals surface area contributed by atoms with Gasteiger partial charge in [-0.2, -0.15) is 0 Å². The van der Waals surface area contributed by atoms with Crippen molar-refractivity contribution < 1.29 is 14.6 Å². The molecule has 1 atom stereocenters. The minimum atomic E-state index is -0.0259. The second-order valence-electron chi connectivity index (χ2n) is 9.88. The number of rotatable bonds is 11. The first-order valence-electron chi connectivity index (χ1n) is 13.3. The summed E-state index contributed by atoms with van der Waals surface area (Å²) in [6, 6.07) is 4.61. The normalized spacial score (nSPS) is 15.2. The number of nitrogens with one attached hydrogen (secondary N) is 2. The number of anilines is 2. The van der Waals surface area contributed by atoms with Crippen LogP contribution in [0.3, 0.4) is 0 Å². The predicted octanol–water partition coefficient (Wildman–Crippen LogP) is 4.42. The SMILES string of the molecule is CCOc1cc(C(C)C)c(CC)cc1Nc1ncnc2sc3c(c12)CCC(NCC(=O)N(C)CCO)C3. The van der Waals surface area contributed by atoms with Crippen molar-refractivity contribution in [2.24, 2.45) is 0 Å². The number of fused-ring (bicyclic) bond motifs is 3. The van der Waals surface area contributed by atoms with Crippen molar-refractivity contribution in [2.75, 3.05) is 38.7 Å². The number of nitrogens with zero attached hydrogens (tertiary/aromatic N) is 3. The largest absolute Gasteiger partial charge is 0.492 e. The molecule has 1 aromatic carbocycles. The maximum atomic E-state index is 12.3. The second-order valence-corrected chi connectivity index (χ2v) is 11.0. The summed E-state index contributed by atoms with van der Waals surface area (Å²) in [5.74, 6) is 2.08. The Labute approximate surface area is 223 Å². The lowest BCUT2D eigenvalue weighted by molar-refractivity contribution is -0.129. The monoisotopic (exact) mass is 525 g/mol. The molecule has 3 aromatic rings. The van der Waals surface area contributed by atoms with E-state index in [9.17, 15) is 4.79 Å². The molecule has 1 aliphatic carbocycles. The lowest BCUT2D eigenvalue weighted by atomic mass is 9.92. The van der Waals surface area contributed by atoms with Gasteiger partial charge >= 0.3 is 0 Å². The van der Waals surface area contributed by atoms with Gasteiger partial charge < -0.3 is 25.4 Å². The molecular weight excluding hydrogens is 486 g/mol. The first kappa shape index (κ1) is 27.3. The van der Waals surface area contributed by atoms with E-state index in [2.05, 4.69) is 53.5 Å². The molecule has 200 valence electrons. The summed E-state index contributed by atoms with van der Waals surface area (Å²) in [5.41, 5.74) is 4.87. The van der Waals surface area contributed by atoms with Gasteiger partial charge in [-0.15, -0.1) is 11.3 Å². The molecular formula is C28H39N5O3S. The molecule has 4 rings (SSSR count). The highest BCUT2D eigenvalue weighted by atomic mass is 32.1. The zero-order valence-electron chi connectivity index (χ0n) is 22.6. The van der Waals surface area contributed by atoms with E-state index < -0.39 is 0 Å². The van der Waals surface area contributed by atoms with Crippen molar-refractivity contribution in [2.45, 2.75) is 65.3 Å². The summed E-state index contributed by atoms with van der Waals surface area (Å²) in [6.45, 7) is 9.83. The predicted molar refractivity (Wildman–Crippen MR) is 150 cm³/mol. The maximum Gasteiger partial charge on any atom is 0.236 e. The Morgan fingerprint density at radius 2 is 2.11 bits per heavy atom. The minimum absolute atomic E-state index is 0.00595. The smallest absolute Gasteiger partial charge is 0.236 e. The average Bonchev–Trinajstić information content (AvgIpc) is 3.26. The molecule has 2 heterocycles. The number of carbonyl (C=O) groups excluding carboxylic acids is 1. The van der Waals surface area contributed by atoms with Crippen LogP contribution in [0.1, 0.15) is 61.6 Å². The van der Waals surface area contributed by atoms with E-state index in [1.807, 2.05) is 6.92 Å². The highest BCUT2D eigenvalue weighted by molar-refractivity contribution is 7.19. The molecule has 37 heavy (non-hydrogen) atoms. The summed E-state index contributed by atoms with van der Waals surface area (Å²) in [6.07, 6.45) is 5.29. The molecule has 1 unspecified atom stereocenters. The average molecular weight is 526 g/mol. The number of likely N-dealkylation sites (N-methyl/N-ethyl adjacent to an activating group) is 1. The molecule has 0 bridgehead atoms. The van der Waals surface area contributed by atoms with Crippen LogP contribution in [-0.4, -0.2) is 65.3 Å². The van der Waals surface area contributed by atoms with Gasteiger partial charge in [-0.3, -0.25) is 4.79 Å². The quantitative estimate of drug-likeness (QED) is 0.341. The van der Waals surface area contributed by atoms with Crippen molar-refractivity contribution in [1.82, 2.24) is 20.2 Å². The standard InChI is InChI=1S/C28H39N5O3S/c1-6-18-12-22(23(36-7-2)14-21(18)17(3)4)32-27-26-20-9-8-19(29-15-25(35)33(5)10-11-34)13-24(20)37-28(26)31-16-30-27/h12,14,16-17,19,29,34H,6-11,13,15H2,1-5H3,(H,30,31,32). The van der Waals surface area contributed by atoms with E-state index in [0.717, 1.165) is 53.2 Å². The van der Waals surface area contributed by atoms with Crippen LogP contribution in [0.15, 0.2) is 18.5 Å². The number of amides is 1. The third kappa shape index (κ3) is 6.05. The topological polar surface area (TPSA) is 99.6 Å². The van der Waals surface area contributed by atoms with E-state index in [1.54, 1.807) is 29.6 Å². The summed E-state index contributed by atoms with van der Waals surface area (Å²) >= 11 is 1.71. The zero-order valence-corrected chi connectivity index (χ0v) is 23.4. The van der Waals surface area contributed by atoms with Gasteiger partial charge in [0.15, 0.2) is 0 Å². The Balaban J connectivity index is 1.59. The zero-order chi connectivity index (χ0) is 26.5. The molecule has 0 saturated carbocycles. The molecule has 2 aromatic heterocycles. The number of ether oxygens (including phenoxy) is 1. The maximum absolute atomic E-state index is 12.3. The molecule has 0 fully saturated rings. The second kappa shape index (κ2) is 12.2. The highest BCUT2D eigenvalue weighted by Gasteiger charge is 2.26. The van der Waals surface area contributed by atoms with Crippen molar-refractivity contribution in [3.05, 3.63) is 40.0 Å². The van der Waals surface area contributed by atoms with Crippen LogP contribution < -0.4 is 15.4 Å². The Morgan fingerprint density at radius 1 is 1.30 bits per heavy atom. The number of carbonyl (C=O) groups is 1. The van der Waals surface area contributed by atoms with Gasteiger partial charge in [0, 0.05) is 24.5 Å². The number of benzene rings is 1. The van der Waals surface area contributed by atoms with Crippen LogP contribution in [0.4, 0.5) is 11.5 Å². The molecule has 0 aliphatic heterocycles. The van der Waals surface area contributed by atoms with Crippen molar-refractivity contribution >= 4 is 39.0 Å². The van der Waals surface area contributed by atoms with Crippen molar-refractivity contribution in [3.8, 4) is 5.75 Å². The Hall–Kier alpha value is -2.75. The number of thiophene rings is 1. The molecule has 0 spiro atoms. The van der Waals surface area contributed by atoms with Gasteiger partial charge in [-0.1, -0.05) is 20.8 Å². The Morgan fingerprint density at radius 3 is 2.81 bits per heavy atom. The lowest BCUT2D eigenvalue weighted by Crippen LogP contribution is -2.42. The molecule has 1 amide bonds. The first-order chi connectivity index (χ1) is 17.9. The van der Waals surface area contributed by atoms with Crippen LogP contribution >= 0.6 is 11.3 Å². The van der Waals surface area contributed by atoms with Gasteiger partial charge in [0.05, 0.1) is 30.8 Å². The van der Waals surface area contributed by atoms with Crippen molar-refractivity contribution in [3.63, 3.8) is 0 Å². The number of aliphatic hydroxyl groups is 1. The third-order valence-electron chi connectivity index (χ3n) is 7.05. The first-order valence-corrected chi connectivity index (χ1v) is 14.1. The summed E-state index contributed by atoms with van der Waals surface area (Å²) in [5, 5.41) is 17.2. The van der Waals surface area contributed by atoms with E-state index in [0.29, 0.717) is 19.1 Å². The third-order valence-corrected chi connectivity index (χ3v) is 8.21. The van der Waals surface area contributed by atoms with E-state index in [4.69, 9.17) is 9.84 Å².